The first-order valence-electron chi connectivity index (χ1n) is 29.6. The molecule has 0 bridgehead atoms. The fourth-order valence-corrected chi connectivity index (χ4v) is 9.84. The van der Waals surface area contributed by atoms with E-state index in [1.165, 1.54) is 250 Å². The van der Waals surface area contributed by atoms with E-state index in [1.54, 1.807) is 6.08 Å². The lowest BCUT2D eigenvalue weighted by molar-refractivity contribution is -0.870. The fourth-order valence-electron chi connectivity index (χ4n) is 9.10. The molecule has 0 radical (unpaired) electrons. The average Bonchev–Trinajstić information content (AvgIpc) is 3.29. The molecule has 0 aromatic rings. The van der Waals surface area contributed by atoms with Crippen molar-refractivity contribution < 1.29 is 32.9 Å². The van der Waals surface area contributed by atoms with Crippen LogP contribution in [0.2, 0.25) is 0 Å². The van der Waals surface area contributed by atoms with E-state index in [0.717, 1.165) is 32.1 Å². The summed E-state index contributed by atoms with van der Waals surface area (Å²) in [6.45, 7) is 4.86. The van der Waals surface area contributed by atoms with Crippen LogP contribution in [0.1, 0.15) is 303 Å². The molecule has 0 aliphatic carbocycles. The molecule has 3 atom stereocenters. The molecule has 9 heteroatoms. The predicted octanol–water partition coefficient (Wildman–Crippen LogP) is 17.8. The third-order valence-electron chi connectivity index (χ3n) is 13.8. The molecule has 1 amide bonds. The zero-order valence-electron chi connectivity index (χ0n) is 45.7. The van der Waals surface area contributed by atoms with Crippen LogP contribution in [0.25, 0.3) is 0 Å². The topological polar surface area (TPSA) is 105 Å². The fraction of sp³-hybridized carbons (Fsp3) is 0.948. The Morgan fingerprint density at radius 1 is 0.493 bits per heavy atom. The molecule has 0 rings (SSSR count). The van der Waals surface area contributed by atoms with Gasteiger partial charge in [-0.25, -0.2) is 4.57 Å². The van der Waals surface area contributed by atoms with E-state index < -0.39 is 20.0 Å². The van der Waals surface area contributed by atoms with Gasteiger partial charge in [-0.05, 0) is 19.3 Å². The number of quaternary nitrogens is 1. The summed E-state index contributed by atoms with van der Waals surface area (Å²) in [5, 5.41) is 13.9. The number of rotatable bonds is 55. The van der Waals surface area contributed by atoms with Gasteiger partial charge in [-0.2, -0.15) is 0 Å². The highest BCUT2D eigenvalue weighted by molar-refractivity contribution is 7.47. The number of phosphoric acid groups is 1. The smallest absolute Gasteiger partial charge is 0.387 e. The first-order valence-corrected chi connectivity index (χ1v) is 31.1. The number of amides is 1. The SMILES string of the molecule is CCCCCCCCCCCCCCCCCCCCCCCCCCCCCC/C=C/C(O)C(COP(=O)(O)OCC[N+](C)(C)C)NC(=O)CCCCCCCCCCCCCCCCC. The number of hydrogen-bond acceptors (Lipinski definition) is 5. The molecule has 0 aromatic heterocycles. The van der Waals surface area contributed by atoms with Crippen LogP contribution in [0.15, 0.2) is 12.2 Å². The summed E-state index contributed by atoms with van der Waals surface area (Å²) >= 11 is 0. The highest BCUT2D eigenvalue weighted by Gasteiger charge is 2.27. The normalized spacial score (nSPS) is 14.0. The van der Waals surface area contributed by atoms with E-state index >= 15 is 0 Å². The quantitative estimate of drug-likeness (QED) is 0.0243. The largest absolute Gasteiger partial charge is 0.472 e. The van der Waals surface area contributed by atoms with Crippen molar-refractivity contribution in [2.45, 2.75) is 315 Å². The molecule has 0 spiro atoms. The van der Waals surface area contributed by atoms with Crippen molar-refractivity contribution in [3.8, 4) is 0 Å². The maximum Gasteiger partial charge on any atom is 0.472 e. The van der Waals surface area contributed by atoms with Crippen molar-refractivity contribution >= 4 is 13.7 Å². The van der Waals surface area contributed by atoms with Crippen molar-refractivity contribution in [1.82, 2.24) is 5.32 Å². The lowest BCUT2D eigenvalue weighted by Crippen LogP contribution is -2.45. The maximum atomic E-state index is 12.9. The lowest BCUT2D eigenvalue weighted by Gasteiger charge is -2.25. The summed E-state index contributed by atoms with van der Waals surface area (Å²) < 4.78 is 23.7. The van der Waals surface area contributed by atoms with E-state index in [2.05, 4.69) is 19.2 Å². The highest BCUT2D eigenvalue weighted by atomic mass is 31.2. The highest BCUT2D eigenvalue weighted by Crippen LogP contribution is 2.43. The van der Waals surface area contributed by atoms with Crippen LogP contribution in [0.5, 0.6) is 0 Å². The molecule has 400 valence electrons. The molecule has 3 N–H and O–H groups in total. The van der Waals surface area contributed by atoms with Crippen molar-refractivity contribution in [3.05, 3.63) is 12.2 Å². The molecule has 67 heavy (non-hydrogen) atoms. The molecular formula is C58H118N2O6P+. The average molecular weight is 971 g/mol. The van der Waals surface area contributed by atoms with Crippen molar-refractivity contribution in [3.63, 3.8) is 0 Å². The standard InChI is InChI=1S/C58H117N2O6P/c1-6-8-10-12-14-16-18-20-22-23-24-25-26-27-28-29-30-31-32-33-34-35-36-38-39-41-43-45-47-49-51-57(61)56(55-66-67(63,64)65-54-53-60(3,4)5)59-58(62)52-50-48-46-44-42-40-37-21-19-17-15-13-11-9-7-2/h49,51,56-57,61H,6-48,50,52-55H2,1-5H3,(H-,59,62,63,64)/p+1/b51-49+. The van der Waals surface area contributed by atoms with E-state index in [4.69, 9.17) is 9.05 Å². The number of carbonyl (C=O) groups is 1. The first-order chi connectivity index (χ1) is 32.5. The van der Waals surface area contributed by atoms with E-state index in [0.29, 0.717) is 17.4 Å². The van der Waals surface area contributed by atoms with Gasteiger partial charge in [0.15, 0.2) is 0 Å². The van der Waals surface area contributed by atoms with Crippen LogP contribution in [0.4, 0.5) is 0 Å². The Hall–Kier alpha value is -0.760. The molecule has 0 aromatic carbocycles. The minimum atomic E-state index is -4.34. The van der Waals surface area contributed by atoms with Crippen molar-refractivity contribution in [2.24, 2.45) is 0 Å². The number of carbonyl (C=O) groups excluding carboxylic acids is 1. The molecule has 0 saturated carbocycles. The number of likely N-dealkylation sites (N-methyl/N-ethyl adjacent to an activating group) is 1. The summed E-state index contributed by atoms with van der Waals surface area (Å²) in [5.41, 5.74) is 0. The third-order valence-corrected chi connectivity index (χ3v) is 14.7. The molecule has 0 saturated heterocycles. The van der Waals surface area contributed by atoms with Gasteiger partial charge in [-0.1, -0.05) is 289 Å². The van der Waals surface area contributed by atoms with Gasteiger partial charge < -0.3 is 19.8 Å². The molecule has 0 fully saturated rings. The van der Waals surface area contributed by atoms with E-state index in [1.807, 2.05) is 27.2 Å². The number of unbranched alkanes of at least 4 members (excludes halogenated alkanes) is 42. The number of nitrogens with one attached hydrogen (secondary N) is 1. The first kappa shape index (κ1) is 66.2. The second-order valence-electron chi connectivity index (χ2n) is 21.7. The van der Waals surface area contributed by atoms with Crippen LogP contribution in [-0.2, 0) is 18.4 Å². The second-order valence-corrected chi connectivity index (χ2v) is 23.2. The van der Waals surface area contributed by atoms with Crippen LogP contribution >= 0.6 is 7.82 Å². The van der Waals surface area contributed by atoms with Crippen LogP contribution in [0.3, 0.4) is 0 Å². The molecule has 0 aliphatic heterocycles. The van der Waals surface area contributed by atoms with Gasteiger partial charge in [-0.3, -0.25) is 13.8 Å². The van der Waals surface area contributed by atoms with Crippen LogP contribution in [0, 0.1) is 0 Å². The maximum absolute atomic E-state index is 12.9. The Morgan fingerprint density at radius 3 is 1.10 bits per heavy atom. The summed E-state index contributed by atoms with van der Waals surface area (Å²) in [7, 11) is 1.59. The van der Waals surface area contributed by atoms with Gasteiger partial charge >= 0.3 is 7.82 Å². The van der Waals surface area contributed by atoms with Gasteiger partial charge in [0.05, 0.1) is 39.9 Å². The Balaban J connectivity index is 4.08. The van der Waals surface area contributed by atoms with Crippen LogP contribution in [-0.4, -0.2) is 73.4 Å². The molecule has 0 heterocycles. The molecule has 8 nitrogen and oxygen atoms in total. The Bertz CT molecular complexity index is 1100. The zero-order chi connectivity index (χ0) is 49.2. The van der Waals surface area contributed by atoms with E-state index in [-0.39, 0.29) is 19.1 Å². The van der Waals surface area contributed by atoms with Crippen LogP contribution < -0.4 is 5.32 Å². The Morgan fingerprint density at radius 2 is 0.791 bits per heavy atom. The lowest BCUT2D eigenvalue weighted by atomic mass is 10.0. The second kappa shape index (κ2) is 50.2. The monoisotopic (exact) mass is 970 g/mol. The Kier molecular flexibility index (Phi) is 49.6. The van der Waals surface area contributed by atoms with Gasteiger partial charge in [0.2, 0.25) is 5.91 Å². The molecular weight excluding hydrogens is 852 g/mol. The number of allylic oxidation sites excluding steroid dienone is 1. The minimum Gasteiger partial charge on any atom is -0.387 e. The van der Waals surface area contributed by atoms with Gasteiger partial charge in [0.25, 0.3) is 0 Å². The molecule has 0 aliphatic rings. The van der Waals surface area contributed by atoms with Gasteiger partial charge in [0.1, 0.15) is 13.2 Å². The van der Waals surface area contributed by atoms with Crippen molar-refractivity contribution in [2.75, 3.05) is 40.9 Å². The summed E-state index contributed by atoms with van der Waals surface area (Å²) in [4.78, 5) is 23.3. The van der Waals surface area contributed by atoms with Gasteiger partial charge in [0, 0.05) is 6.42 Å². The summed E-state index contributed by atoms with van der Waals surface area (Å²) in [6, 6.07) is -0.841. The summed E-state index contributed by atoms with van der Waals surface area (Å²) in [6.07, 6.45) is 61.8. The number of phosphoric ester groups is 1. The number of nitrogens with zero attached hydrogens (tertiary/aromatic N) is 1. The minimum absolute atomic E-state index is 0.0651. The van der Waals surface area contributed by atoms with Gasteiger partial charge in [-0.15, -0.1) is 0 Å². The number of hydrogen-bond donors (Lipinski definition) is 3. The Labute approximate surface area is 418 Å². The van der Waals surface area contributed by atoms with Crippen molar-refractivity contribution in [1.29, 1.82) is 0 Å². The number of aliphatic hydroxyl groups is 1. The number of aliphatic hydroxyl groups excluding tert-OH is 1. The van der Waals surface area contributed by atoms with E-state index in [9.17, 15) is 19.4 Å². The third kappa shape index (κ3) is 52.9. The summed E-state index contributed by atoms with van der Waals surface area (Å²) in [5.74, 6) is -0.171. The molecule has 3 unspecified atom stereocenters. The predicted molar refractivity (Wildman–Crippen MR) is 291 cm³/mol. The zero-order valence-corrected chi connectivity index (χ0v) is 46.6.